The van der Waals surface area contributed by atoms with Gasteiger partial charge in [-0.1, -0.05) is 35.9 Å². The molecule has 5 nitrogen and oxygen atoms in total. The minimum atomic E-state index is -0.240. The van der Waals surface area contributed by atoms with Crippen LogP contribution in [-0.2, 0) is 6.61 Å². The van der Waals surface area contributed by atoms with Crippen molar-refractivity contribution >= 4 is 11.0 Å². The Morgan fingerprint density at radius 2 is 1.66 bits per heavy atom. The fourth-order valence-electron chi connectivity index (χ4n) is 3.51. The molecule has 164 valence electrons. The van der Waals surface area contributed by atoms with Crippen molar-refractivity contribution in [1.82, 2.24) is 0 Å². The Labute approximate surface area is 187 Å². The number of rotatable bonds is 7. The molecule has 0 fully saturated rings. The van der Waals surface area contributed by atoms with Crippen LogP contribution < -0.4 is 19.6 Å². The van der Waals surface area contributed by atoms with Gasteiger partial charge in [-0.3, -0.25) is 4.79 Å². The zero-order valence-electron chi connectivity index (χ0n) is 18.7. The Hall–Kier alpha value is -3.73. The summed E-state index contributed by atoms with van der Waals surface area (Å²) in [7, 11) is 0. The Balaban J connectivity index is 1.62. The van der Waals surface area contributed by atoms with Gasteiger partial charge in [-0.15, -0.1) is 0 Å². The van der Waals surface area contributed by atoms with Crippen LogP contribution >= 0.6 is 0 Å². The third-order valence-corrected chi connectivity index (χ3v) is 5.25. The molecule has 0 aliphatic rings. The summed E-state index contributed by atoms with van der Waals surface area (Å²) < 4.78 is 23.4. The SMILES string of the molecule is CCOc1ccccc1Oc1c(C)oc2cc(OCc3cc(C)ccc3C)ccc2c1=O. The van der Waals surface area contributed by atoms with Crippen molar-refractivity contribution in [2.24, 2.45) is 0 Å². The number of hydrogen-bond donors (Lipinski definition) is 0. The fraction of sp³-hybridized carbons (Fsp3) is 0.222. The number of aryl methyl sites for hydroxylation is 3. The van der Waals surface area contributed by atoms with Crippen molar-refractivity contribution in [2.75, 3.05) is 6.61 Å². The van der Waals surface area contributed by atoms with Crippen molar-refractivity contribution in [2.45, 2.75) is 34.3 Å². The van der Waals surface area contributed by atoms with E-state index in [0.717, 1.165) is 5.56 Å². The zero-order valence-corrected chi connectivity index (χ0v) is 18.7. The number of hydrogen-bond acceptors (Lipinski definition) is 5. The maximum atomic E-state index is 13.1. The van der Waals surface area contributed by atoms with Gasteiger partial charge in [0.1, 0.15) is 23.7 Å². The molecule has 4 rings (SSSR count). The first kappa shape index (κ1) is 21.5. The summed E-state index contributed by atoms with van der Waals surface area (Å²) in [6, 6.07) is 18.8. The van der Waals surface area contributed by atoms with Crippen LogP contribution in [0.25, 0.3) is 11.0 Å². The van der Waals surface area contributed by atoms with Crippen LogP contribution in [0.5, 0.6) is 23.0 Å². The van der Waals surface area contributed by atoms with E-state index in [9.17, 15) is 4.79 Å². The highest BCUT2D eigenvalue weighted by Gasteiger charge is 2.16. The average Bonchev–Trinajstić information content (AvgIpc) is 2.78. The third kappa shape index (κ3) is 4.47. The summed E-state index contributed by atoms with van der Waals surface area (Å²) in [5, 5.41) is 0.429. The van der Waals surface area contributed by atoms with Gasteiger partial charge in [0.15, 0.2) is 11.5 Å². The highest BCUT2D eigenvalue weighted by Crippen LogP contribution is 2.33. The number of benzene rings is 3. The van der Waals surface area contributed by atoms with E-state index in [-0.39, 0.29) is 11.2 Å². The molecular formula is C27H26O5. The first-order chi connectivity index (χ1) is 15.5. The molecule has 0 unspecified atom stereocenters. The lowest BCUT2D eigenvalue weighted by Gasteiger charge is -2.13. The van der Waals surface area contributed by atoms with Crippen LogP contribution in [0.15, 0.2) is 69.9 Å². The average molecular weight is 431 g/mol. The predicted molar refractivity (Wildman–Crippen MR) is 125 cm³/mol. The van der Waals surface area contributed by atoms with Crippen molar-refractivity contribution in [3.8, 4) is 23.0 Å². The van der Waals surface area contributed by atoms with E-state index in [0.29, 0.717) is 47.2 Å². The molecule has 0 spiro atoms. The van der Waals surface area contributed by atoms with E-state index in [1.54, 1.807) is 37.3 Å². The molecule has 3 aromatic carbocycles. The molecule has 5 heteroatoms. The Kier molecular flexibility index (Phi) is 6.17. The van der Waals surface area contributed by atoms with E-state index in [1.165, 1.54) is 11.1 Å². The van der Waals surface area contributed by atoms with Crippen molar-refractivity contribution in [1.29, 1.82) is 0 Å². The summed E-state index contributed by atoms with van der Waals surface area (Å²) in [5.41, 5.74) is 3.70. The second kappa shape index (κ2) is 9.18. The van der Waals surface area contributed by atoms with Crippen molar-refractivity contribution in [3.05, 3.63) is 93.3 Å². The second-order valence-corrected chi connectivity index (χ2v) is 7.67. The summed E-state index contributed by atoms with van der Waals surface area (Å²) >= 11 is 0. The minimum Gasteiger partial charge on any atom is -0.490 e. The predicted octanol–water partition coefficient (Wildman–Crippen LogP) is 6.49. The van der Waals surface area contributed by atoms with Gasteiger partial charge in [0.2, 0.25) is 11.2 Å². The molecule has 0 amide bonds. The summed E-state index contributed by atoms with van der Waals surface area (Å²) in [6.45, 7) is 8.67. The van der Waals surface area contributed by atoms with Crippen LogP contribution in [0, 0.1) is 20.8 Å². The summed E-state index contributed by atoms with van der Waals surface area (Å²) in [6.07, 6.45) is 0. The molecular weight excluding hydrogens is 404 g/mol. The maximum absolute atomic E-state index is 13.1. The minimum absolute atomic E-state index is 0.147. The normalized spacial score (nSPS) is 10.9. The van der Waals surface area contributed by atoms with Crippen LogP contribution in [0.4, 0.5) is 0 Å². The van der Waals surface area contributed by atoms with Crippen LogP contribution in [-0.4, -0.2) is 6.61 Å². The Morgan fingerprint density at radius 1 is 0.875 bits per heavy atom. The van der Waals surface area contributed by atoms with Gasteiger partial charge < -0.3 is 18.6 Å². The van der Waals surface area contributed by atoms with Crippen LogP contribution in [0.1, 0.15) is 29.4 Å². The molecule has 0 radical (unpaired) electrons. The molecule has 1 aromatic heterocycles. The number of ether oxygens (including phenoxy) is 3. The molecule has 0 atom stereocenters. The smallest absolute Gasteiger partial charge is 0.235 e. The first-order valence-electron chi connectivity index (χ1n) is 10.6. The molecule has 4 aromatic rings. The van der Waals surface area contributed by atoms with Gasteiger partial charge >= 0.3 is 0 Å². The van der Waals surface area contributed by atoms with E-state index < -0.39 is 0 Å². The van der Waals surface area contributed by atoms with Gasteiger partial charge in [0.25, 0.3) is 0 Å². The van der Waals surface area contributed by atoms with E-state index in [1.807, 2.05) is 19.1 Å². The monoisotopic (exact) mass is 430 g/mol. The van der Waals surface area contributed by atoms with Gasteiger partial charge in [0, 0.05) is 6.07 Å². The third-order valence-electron chi connectivity index (χ3n) is 5.25. The molecule has 0 saturated carbocycles. The maximum Gasteiger partial charge on any atom is 0.235 e. The first-order valence-corrected chi connectivity index (χ1v) is 10.6. The standard InChI is InChI=1S/C27H26O5/c1-5-29-23-8-6-7-9-24(23)32-27-19(4)31-25-15-21(12-13-22(25)26(27)28)30-16-20-14-17(2)10-11-18(20)3/h6-15H,5,16H2,1-4H3. The molecule has 1 heterocycles. The lowest BCUT2D eigenvalue weighted by molar-refractivity contribution is 0.305. The topological polar surface area (TPSA) is 57.9 Å². The molecule has 0 N–H and O–H groups in total. The van der Waals surface area contributed by atoms with Crippen molar-refractivity contribution < 1.29 is 18.6 Å². The van der Waals surface area contributed by atoms with E-state index in [4.69, 9.17) is 18.6 Å². The zero-order chi connectivity index (χ0) is 22.7. The molecule has 0 aliphatic carbocycles. The largest absolute Gasteiger partial charge is 0.490 e. The highest BCUT2D eigenvalue weighted by atomic mass is 16.5. The van der Waals surface area contributed by atoms with Crippen LogP contribution in [0.3, 0.4) is 0 Å². The highest BCUT2D eigenvalue weighted by molar-refractivity contribution is 5.79. The van der Waals surface area contributed by atoms with Gasteiger partial charge in [-0.05, 0) is 63.1 Å². The summed E-state index contributed by atoms with van der Waals surface area (Å²) in [5.74, 6) is 2.21. The fourth-order valence-corrected chi connectivity index (χ4v) is 3.51. The molecule has 0 bridgehead atoms. The summed E-state index contributed by atoms with van der Waals surface area (Å²) in [4.78, 5) is 13.1. The molecule has 32 heavy (non-hydrogen) atoms. The Bertz CT molecular complexity index is 1320. The van der Waals surface area contributed by atoms with Gasteiger partial charge in [-0.25, -0.2) is 0 Å². The lowest BCUT2D eigenvalue weighted by atomic mass is 10.1. The van der Waals surface area contributed by atoms with Crippen LogP contribution in [0.2, 0.25) is 0 Å². The van der Waals surface area contributed by atoms with Crippen molar-refractivity contribution in [3.63, 3.8) is 0 Å². The van der Waals surface area contributed by atoms with Gasteiger partial charge in [-0.2, -0.15) is 0 Å². The number of fused-ring (bicyclic) bond motifs is 1. The van der Waals surface area contributed by atoms with E-state index in [2.05, 4.69) is 32.0 Å². The van der Waals surface area contributed by atoms with Gasteiger partial charge in [0.05, 0.1) is 12.0 Å². The second-order valence-electron chi connectivity index (χ2n) is 7.67. The Morgan fingerprint density at radius 3 is 2.44 bits per heavy atom. The lowest BCUT2D eigenvalue weighted by Crippen LogP contribution is -2.08. The quantitative estimate of drug-likeness (QED) is 0.335. The number of para-hydroxylation sites is 2. The molecule has 0 saturated heterocycles. The molecule has 0 aliphatic heterocycles. The van der Waals surface area contributed by atoms with E-state index >= 15 is 0 Å².